The Kier molecular flexibility index (Phi) is 2.70. The number of aromatic nitrogens is 2. The van der Waals surface area contributed by atoms with Gasteiger partial charge in [0.2, 0.25) is 0 Å². The Hall–Kier alpha value is -1.62. The SMILES string of the molecule is CCc1occc1-c1nc(C2(N)CCCC2)no1. The summed E-state index contributed by atoms with van der Waals surface area (Å²) in [5, 5.41) is 4.05. The van der Waals surface area contributed by atoms with Gasteiger partial charge in [0.15, 0.2) is 5.82 Å². The number of aryl methyl sites for hydroxylation is 1. The minimum atomic E-state index is -0.405. The van der Waals surface area contributed by atoms with E-state index in [0.29, 0.717) is 11.7 Å². The van der Waals surface area contributed by atoms with Crippen LogP contribution in [0.3, 0.4) is 0 Å². The lowest BCUT2D eigenvalue weighted by molar-refractivity contribution is 0.372. The maximum absolute atomic E-state index is 6.31. The fourth-order valence-electron chi connectivity index (χ4n) is 2.57. The summed E-state index contributed by atoms with van der Waals surface area (Å²) in [6.07, 6.45) is 6.56. The van der Waals surface area contributed by atoms with Crippen LogP contribution in [0.1, 0.15) is 44.2 Å². The minimum absolute atomic E-state index is 0.405. The van der Waals surface area contributed by atoms with Gasteiger partial charge in [-0.25, -0.2) is 0 Å². The highest BCUT2D eigenvalue weighted by molar-refractivity contribution is 5.55. The van der Waals surface area contributed by atoms with Crippen LogP contribution in [0.25, 0.3) is 11.5 Å². The van der Waals surface area contributed by atoms with E-state index < -0.39 is 5.54 Å². The monoisotopic (exact) mass is 247 g/mol. The van der Waals surface area contributed by atoms with E-state index in [2.05, 4.69) is 10.1 Å². The smallest absolute Gasteiger partial charge is 0.261 e. The molecule has 0 spiro atoms. The van der Waals surface area contributed by atoms with Crippen LogP contribution in [0.2, 0.25) is 0 Å². The molecule has 2 aromatic heterocycles. The molecule has 0 aliphatic heterocycles. The second kappa shape index (κ2) is 4.24. The van der Waals surface area contributed by atoms with Gasteiger partial charge in [-0.05, 0) is 18.9 Å². The van der Waals surface area contributed by atoms with Crippen LogP contribution in [0.4, 0.5) is 0 Å². The molecule has 96 valence electrons. The van der Waals surface area contributed by atoms with E-state index in [1.807, 2.05) is 13.0 Å². The average Bonchev–Trinajstić information content (AvgIpc) is 3.08. The molecule has 5 heteroatoms. The van der Waals surface area contributed by atoms with E-state index >= 15 is 0 Å². The molecule has 0 bridgehead atoms. The van der Waals surface area contributed by atoms with Gasteiger partial charge in [-0.1, -0.05) is 24.9 Å². The Balaban J connectivity index is 1.94. The molecule has 0 atom stereocenters. The van der Waals surface area contributed by atoms with E-state index in [-0.39, 0.29) is 0 Å². The van der Waals surface area contributed by atoms with E-state index in [9.17, 15) is 0 Å². The van der Waals surface area contributed by atoms with E-state index in [0.717, 1.165) is 43.4 Å². The molecule has 1 aliphatic rings. The van der Waals surface area contributed by atoms with Crippen molar-refractivity contribution in [1.29, 1.82) is 0 Å². The average molecular weight is 247 g/mol. The van der Waals surface area contributed by atoms with Crippen LogP contribution in [-0.4, -0.2) is 10.1 Å². The molecule has 0 unspecified atom stereocenters. The summed E-state index contributed by atoms with van der Waals surface area (Å²) in [7, 11) is 0. The number of hydrogen-bond donors (Lipinski definition) is 1. The van der Waals surface area contributed by atoms with Crippen LogP contribution in [0, 0.1) is 0 Å². The first kappa shape index (κ1) is 11.5. The molecule has 3 rings (SSSR count). The van der Waals surface area contributed by atoms with Crippen LogP contribution < -0.4 is 5.73 Å². The summed E-state index contributed by atoms with van der Waals surface area (Å²) < 4.78 is 10.7. The van der Waals surface area contributed by atoms with Gasteiger partial charge >= 0.3 is 0 Å². The van der Waals surface area contributed by atoms with Crippen LogP contribution in [0.5, 0.6) is 0 Å². The van der Waals surface area contributed by atoms with Gasteiger partial charge < -0.3 is 14.7 Å². The van der Waals surface area contributed by atoms with Crippen molar-refractivity contribution >= 4 is 0 Å². The summed E-state index contributed by atoms with van der Waals surface area (Å²) in [4.78, 5) is 4.45. The van der Waals surface area contributed by atoms with E-state index in [1.165, 1.54) is 0 Å². The van der Waals surface area contributed by atoms with Gasteiger partial charge in [0.25, 0.3) is 5.89 Å². The second-order valence-corrected chi connectivity index (χ2v) is 4.90. The Bertz CT molecular complexity index is 538. The third kappa shape index (κ3) is 1.75. The van der Waals surface area contributed by atoms with Gasteiger partial charge in [0.05, 0.1) is 17.4 Å². The van der Waals surface area contributed by atoms with Crippen molar-refractivity contribution in [1.82, 2.24) is 10.1 Å². The standard InChI is InChI=1S/C13H17N3O2/c1-2-10-9(5-8-17-10)11-15-12(16-18-11)13(14)6-3-4-7-13/h5,8H,2-4,6-7,14H2,1H3. The zero-order valence-electron chi connectivity index (χ0n) is 10.5. The molecule has 1 fully saturated rings. The third-order valence-electron chi connectivity index (χ3n) is 3.66. The fraction of sp³-hybridized carbons (Fsp3) is 0.538. The van der Waals surface area contributed by atoms with Crippen molar-refractivity contribution in [3.05, 3.63) is 23.9 Å². The Morgan fingerprint density at radius 3 is 2.89 bits per heavy atom. The van der Waals surface area contributed by atoms with Crippen LogP contribution in [-0.2, 0) is 12.0 Å². The zero-order chi connectivity index (χ0) is 12.6. The van der Waals surface area contributed by atoms with Gasteiger partial charge in [-0.2, -0.15) is 4.98 Å². The maximum Gasteiger partial charge on any atom is 0.261 e. The van der Waals surface area contributed by atoms with Gasteiger partial charge in [-0.15, -0.1) is 0 Å². The van der Waals surface area contributed by atoms with E-state index in [1.54, 1.807) is 6.26 Å². The van der Waals surface area contributed by atoms with Gasteiger partial charge in [0, 0.05) is 6.42 Å². The van der Waals surface area contributed by atoms with Crippen molar-refractivity contribution in [2.75, 3.05) is 0 Å². The predicted molar refractivity (Wildman–Crippen MR) is 65.7 cm³/mol. The maximum atomic E-state index is 6.31. The van der Waals surface area contributed by atoms with Crippen molar-refractivity contribution in [3.8, 4) is 11.5 Å². The van der Waals surface area contributed by atoms with Crippen molar-refractivity contribution in [3.63, 3.8) is 0 Å². The fourth-order valence-corrected chi connectivity index (χ4v) is 2.57. The first-order valence-corrected chi connectivity index (χ1v) is 6.43. The van der Waals surface area contributed by atoms with Crippen molar-refractivity contribution < 1.29 is 8.94 Å². The lowest BCUT2D eigenvalue weighted by Crippen LogP contribution is -2.34. The molecule has 18 heavy (non-hydrogen) atoms. The zero-order valence-corrected chi connectivity index (χ0v) is 10.5. The molecule has 5 nitrogen and oxygen atoms in total. The molecule has 0 amide bonds. The van der Waals surface area contributed by atoms with Gasteiger partial charge in [0.1, 0.15) is 5.76 Å². The lowest BCUT2D eigenvalue weighted by Gasteiger charge is -2.17. The summed E-state index contributed by atoms with van der Waals surface area (Å²) >= 11 is 0. The van der Waals surface area contributed by atoms with Crippen LogP contribution >= 0.6 is 0 Å². The number of nitrogens with two attached hydrogens (primary N) is 1. The van der Waals surface area contributed by atoms with Crippen molar-refractivity contribution in [2.45, 2.75) is 44.6 Å². The largest absolute Gasteiger partial charge is 0.469 e. The molecule has 2 N–H and O–H groups in total. The van der Waals surface area contributed by atoms with E-state index in [4.69, 9.17) is 14.7 Å². The highest BCUT2D eigenvalue weighted by atomic mass is 16.5. The minimum Gasteiger partial charge on any atom is -0.469 e. The topological polar surface area (TPSA) is 78.1 Å². The molecule has 2 heterocycles. The normalized spacial score (nSPS) is 18.3. The molecule has 2 aromatic rings. The first-order valence-electron chi connectivity index (χ1n) is 6.43. The second-order valence-electron chi connectivity index (χ2n) is 4.90. The number of hydrogen-bond acceptors (Lipinski definition) is 5. The highest BCUT2D eigenvalue weighted by Crippen LogP contribution is 2.35. The molecule has 0 radical (unpaired) electrons. The van der Waals surface area contributed by atoms with Gasteiger partial charge in [-0.3, -0.25) is 0 Å². The summed E-state index contributed by atoms with van der Waals surface area (Å²) in [6, 6.07) is 1.86. The number of rotatable bonds is 3. The summed E-state index contributed by atoms with van der Waals surface area (Å²) in [5.74, 6) is 1.99. The first-order chi connectivity index (χ1) is 8.73. The highest BCUT2D eigenvalue weighted by Gasteiger charge is 2.36. The lowest BCUT2D eigenvalue weighted by atomic mass is 9.99. The molecule has 0 aromatic carbocycles. The Morgan fingerprint density at radius 1 is 1.39 bits per heavy atom. The molecule has 1 saturated carbocycles. The number of furan rings is 1. The molecular formula is C13H17N3O2. The summed E-state index contributed by atoms with van der Waals surface area (Å²) in [5.41, 5.74) is 6.78. The summed E-state index contributed by atoms with van der Waals surface area (Å²) in [6.45, 7) is 2.03. The third-order valence-corrected chi connectivity index (χ3v) is 3.66. The molecule has 0 saturated heterocycles. The van der Waals surface area contributed by atoms with Crippen molar-refractivity contribution in [2.24, 2.45) is 5.73 Å². The quantitative estimate of drug-likeness (QED) is 0.902. The Morgan fingerprint density at radius 2 is 2.17 bits per heavy atom. The van der Waals surface area contributed by atoms with Crippen LogP contribution in [0.15, 0.2) is 21.3 Å². The predicted octanol–water partition coefficient (Wildman–Crippen LogP) is 2.62. The molecular weight excluding hydrogens is 230 g/mol. The molecule has 1 aliphatic carbocycles. The number of nitrogens with zero attached hydrogens (tertiary/aromatic N) is 2. The Labute approximate surface area is 105 Å².